The second-order valence-corrected chi connectivity index (χ2v) is 5.16. The van der Waals surface area contributed by atoms with Crippen molar-refractivity contribution in [2.45, 2.75) is 12.8 Å². The van der Waals surface area contributed by atoms with Gasteiger partial charge in [0.25, 0.3) is 0 Å². The highest BCUT2D eigenvalue weighted by Gasteiger charge is 2.31. The van der Waals surface area contributed by atoms with Gasteiger partial charge in [0.15, 0.2) is 5.84 Å². The van der Waals surface area contributed by atoms with E-state index in [0.717, 1.165) is 17.7 Å². The molecule has 128 valence electrons. The number of hydrazone groups is 1. The molecule has 0 aliphatic carbocycles. The van der Waals surface area contributed by atoms with E-state index in [1.807, 2.05) is 0 Å². The van der Waals surface area contributed by atoms with Crippen LogP contribution in [0.2, 0.25) is 5.02 Å². The zero-order chi connectivity index (χ0) is 17.7. The number of amidine groups is 1. The van der Waals surface area contributed by atoms with Crippen LogP contribution in [0.4, 0.5) is 13.2 Å². The number of hydrogen-bond acceptors (Lipinski definition) is 4. The molecule has 0 aliphatic rings. The minimum absolute atomic E-state index is 0.0986. The highest BCUT2D eigenvalue weighted by Crippen LogP contribution is 2.34. The van der Waals surface area contributed by atoms with Crippen molar-refractivity contribution in [2.24, 2.45) is 16.8 Å². The highest BCUT2D eigenvalue weighted by molar-refractivity contribution is 6.32. The van der Waals surface area contributed by atoms with Crippen LogP contribution in [0, 0.1) is 0 Å². The molecule has 0 aromatic heterocycles. The summed E-state index contributed by atoms with van der Waals surface area (Å²) in [5.41, 5.74) is 2.90. The number of halogens is 4. The quantitative estimate of drug-likeness (QED) is 0.339. The van der Waals surface area contributed by atoms with Crippen molar-refractivity contribution in [1.29, 1.82) is 0 Å². The molecule has 2 aromatic rings. The largest absolute Gasteiger partial charge is 0.487 e. The molecule has 5 nitrogen and oxygen atoms in total. The van der Waals surface area contributed by atoms with Gasteiger partial charge in [0.05, 0.1) is 10.6 Å². The lowest BCUT2D eigenvalue weighted by Gasteiger charge is -2.12. The van der Waals surface area contributed by atoms with Gasteiger partial charge in [-0.3, -0.25) is 0 Å². The molecule has 0 aliphatic heterocycles. The molecule has 0 spiro atoms. The molecule has 0 radical (unpaired) electrons. The number of hydrogen-bond donors (Lipinski definition) is 3. The van der Waals surface area contributed by atoms with E-state index in [2.05, 4.69) is 10.5 Å². The monoisotopic (exact) mass is 358 g/mol. The summed E-state index contributed by atoms with van der Waals surface area (Å²) in [6, 6.07) is 9.89. The fourth-order valence-electron chi connectivity index (χ4n) is 1.96. The smallest absolute Gasteiger partial charge is 0.416 e. The Morgan fingerprint density at radius 2 is 1.96 bits per heavy atom. The lowest BCUT2D eigenvalue weighted by molar-refractivity contribution is -0.137. The summed E-state index contributed by atoms with van der Waals surface area (Å²) < 4.78 is 43.3. The van der Waals surface area contributed by atoms with Crippen LogP contribution in [-0.2, 0) is 12.8 Å². The van der Waals surface area contributed by atoms with E-state index in [4.69, 9.17) is 28.0 Å². The van der Waals surface area contributed by atoms with Gasteiger partial charge in [-0.2, -0.15) is 18.3 Å². The summed E-state index contributed by atoms with van der Waals surface area (Å²) >= 11 is 5.84. The first kappa shape index (κ1) is 17.9. The van der Waals surface area contributed by atoms with Gasteiger partial charge in [-0.15, -0.1) is 0 Å². The van der Waals surface area contributed by atoms with E-state index in [9.17, 15) is 13.2 Å². The van der Waals surface area contributed by atoms with Crippen molar-refractivity contribution < 1.29 is 17.9 Å². The van der Waals surface area contributed by atoms with Crippen LogP contribution in [0.25, 0.3) is 0 Å². The van der Waals surface area contributed by atoms with Crippen LogP contribution in [0.5, 0.6) is 5.75 Å². The molecule has 0 bridgehead atoms. The van der Waals surface area contributed by atoms with E-state index in [0.29, 0.717) is 5.56 Å². The van der Waals surface area contributed by atoms with Crippen LogP contribution in [0.3, 0.4) is 0 Å². The Labute approximate surface area is 141 Å². The summed E-state index contributed by atoms with van der Waals surface area (Å²) in [6.45, 7) is 0.0986. The van der Waals surface area contributed by atoms with E-state index in [1.54, 1.807) is 24.3 Å². The van der Waals surface area contributed by atoms with Crippen LogP contribution < -0.4 is 21.8 Å². The van der Waals surface area contributed by atoms with Crippen molar-refractivity contribution >= 4 is 17.4 Å². The number of benzene rings is 2. The van der Waals surface area contributed by atoms with Crippen LogP contribution >= 0.6 is 11.6 Å². The van der Waals surface area contributed by atoms with E-state index in [-0.39, 0.29) is 23.2 Å². The number of nitrogens with zero attached hydrogens (tertiary/aromatic N) is 1. The molecule has 5 N–H and O–H groups in total. The van der Waals surface area contributed by atoms with Gasteiger partial charge < -0.3 is 16.0 Å². The minimum atomic E-state index is -4.45. The average molecular weight is 359 g/mol. The Hall–Kier alpha value is -2.45. The molecular formula is C15H14ClF3N4O. The lowest BCUT2D eigenvalue weighted by atomic mass is 10.1. The zero-order valence-corrected chi connectivity index (χ0v) is 13.0. The van der Waals surface area contributed by atoms with E-state index < -0.39 is 11.7 Å². The number of alkyl halides is 3. The second kappa shape index (κ2) is 7.41. The van der Waals surface area contributed by atoms with Gasteiger partial charge in [0, 0.05) is 5.56 Å². The third-order valence-corrected chi connectivity index (χ3v) is 3.42. The Kier molecular flexibility index (Phi) is 5.53. The maximum Gasteiger partial charge on any atom is 0.416 e. The van der Waals surface area contributed by atoms with E-state index in [1.165, 1.54) is 6.07 Å². The van der Waals surface area contributed by atoms with Gasteiger partial charge in [0.1, 0.15) is 12.4 Å². The van der Waals surface area contributed by atoms with Gasteiger partial charge in [-0.1, -0.05) is 29.8 Å². The fourth-order valence-corrected chi connectivity index (χ4v) is 2.19. The molecule has 0 atom stereocenters. The van der Waals surface area contributed by atoms with E-state index >= 15 is 0 Å². The standard InChI is InChI=1S/C15H14ClF3N4O/c16-12-7-11(15(17,18)19)4-5-13(12)24-8-9-2-1-3-10(6-9)14(22-20)23-21/h1-7H,8,20-21H2,(H,22,23). The third-order valence-electron chi connectivity index (χ3n) is 3.12. The first-order valence-corrected chi connectivity index (χ1v) is 7.06. The molecule has 0 saturated carbocycles. The Morgan fingerprint density at radius 1 is 1.21 bits per heavy atom. The number of nitrogens with two attached hydrogens (primary N) is 2. The number of rotatable bonds is 4. The number of nitrogens with one attached hydrogen (secondary N) is 1. The van der Waals surface area contributed by atoms with Gasteiger partial charge in [0.2, 0.25) is 0 Å². The predicted octanol–water partition coefficient (Wildman–Crippen LogP) is 3.02. The summed E-state index contributed by atoms with van der Waals surface area (Å²) in [7, 11) is 0. The highest BCUT2D eigenvalue weighted by atomic mass is 35.5. The van der Waals surface area contributed by atoms with Gasteiger partial charge >= 0.3 is 6.18 Å². The SMILES string of the molecule is N/N=C(\NN)c1cccc(COc2ccc(C(F)(F)F)cc2Cl)c1. The summed E-state index contributed by atoms with van der Waals surface area (Å²) in [5, 5.41) is 3.38. The summed E-state index contributed by atoms with van der Waals surface area (Å²) in [5.74, 6) is 10.9. The van der Waals surface area contributed by atoms with Crippen LogP contribution in [0.1, 0.15) is 16.7 Å². The third kappa shape index (κ3) is 4.30. The molecule has 0 saturated heterocycles. The van der Waals surface area contributed by atoms with Crippen molar-refractivity contribution in [3.8, 4) is 5.75 Å². The number of hydrazine groups is 1. The minimum Gasteiger partial charge on any atom is -0.487 e. The molecular weight excluding hydrogens is 345 g/mol. The molecule has 24 heavy (non-hydrogen) atoms. The van der Waals surface area contributed by atoms with Crippen molar-refractivity contribution in [3.63, 3.8) is 0 Å². The molecule has 0 amide bonds. The van der Waals surface area contributed by atoms with Crippen molar-refractivity contribution in [3.05, 3.63) is 64.2 Å². The van der Waals surface area contributed by atoms with Gasteiger partial charge in [-0.05, 0) is 29.8 Å². The lowest BCUT2D eigenvalue weighted by Crippen LogP contribution is -2.32. The topological polar surface area (TPSA) is 85.7 Å². The molecule has 9 heteroatoms. The average Bonchev–Trinajstić information content (AvgIpc) is 2.54. The molecule has 0 heterocycles. The molecule has 0 unspecified atom stereocenters. The predicted molar refractivity (Wildman–Crippen MR) is 85.3 cm³/mol. The van der Waals surface area contributed by atoms with Gasteiger partial charge in [-0.25, -0.2) is 5.84 Å². The summed E-state index contributed by atoms with van der Waals surface area (Å²) in [6.07, 6.45) is -4.45. The first-order valence-electron chi connectivity index (χ1n) is 6.68. The number of ether oxygens (including phenoxy) is 1. The van der Waals surface area contributed by atoms with Crippen LogP contribution in [0.15, 0.2) is 47.6 Å². The molecule has 2 aromatic carbocycles. The summed E-state index contributed by atoms with van der Waals surface area (Å²) in [4.78, 5) is 0. The zero-order valence-electron chi connectivity index (χ0n) is 12.3. The Bertz CT molecular complexity index is 750. The fraction of sp³-hybridized carbons (Fsp3) is 0.133. The molecule has 0 fully saturated rings. The second-order valence-electron chi connectivity index (χ2n) is 4.75. The molecule has 2 rings (SSSR count). The van der Waals surface area contributed by atoms with Crippen LogP contribution in [-0.4, -0.2) is 5.84 Å². The normalized spacial score (nSPS) is 12.1. The van der Waals surface area contributed by atoms with Crippen molar-refractivity contribution in [1.82, 2.24) is 5.43 Å². The van der Waals surface area contributed by atoms with Crippen molar-refractivity contribution in [2.75, 3.05) is 0 Å². The first-order chi connectivity index (χ1) is 11.3. The maximum atomic E-state index is 12.6. The Morgan fingerprint density at radius 3 is 2.54 bits per heavy atom. The maximum absolute atomic E-state index is 12.6. The Balaban J connectivity index is 2.13.